The van der Waals surface area contributed by atoms with Crippen LogP contribution in [0.2, 0.25) is 5.02 Å². The van der Waals surface area contributed by atoms with E-state index in [1.54, 1.807) is 6.92 Å². The number of nitrogens with one attached hydrogen (secondary N) is 1. The van der Waals surface area contributed by atoms with Crippen LogP contribution in [0.1, 0.15) is 18.5 Å². The number of rotatable bonds is 5. The topological polar surface area (TPSA) is 90.5 Å². The molecule has 0 saturated heterocycles. The van der Waals surface area contributed by atoms with Gasteiger partial charge in [0.1, 0.15) is 12.3 Å². The Morgan fingerprint density at radius 2 is 2.00 bits per heavy atom. The van der Waals surface area contributed by atoms with E-state index in [4.69, 9.17) is 11.6 Å². The van der Waals surface area contributed by atoms with Crippen LogP contribution in [-0.4, -0.2) is 31.7 Å². The average Bonchev–Trinajstić information content (AvgIpc) is 2.89. The van der Waals surface area contributed by atoms with Gasteiger partial charge in [-0.25, -0.2) is 9.48 Å². The number of aromatic nitrogens is 4. The molecule has 0 aliphatic rings. The van der Waals surface area contributed by atoms with Gasteiger partial charge in [-0.3, -0.25) is 4.79 Å². The van der Waals surface area contributed by atoms with Crippen LogP contribution in [0.15, 0.2) is 41.3 Å². The maximum Gasteiger partial charge on any atom is 0.573 e. The fourth-order valence-corrected chi connectivity index (χ4v) is 2.60. The Morgan fingerprint density at radius 3 is 2.64 bits per heavy atom. The molecule has 1 atom stereocenters. The van der Waals surface area contributed by atoms with Crippen molar-refractivity contribution in [2.75, 3.05) is 0 Å². The van der Waals surface area contributed by atoms with Crippen LogP contribution in [0, 0.1) is 0 Å². The van der Waals surface area contributed by atoms with Crippen LogP contribution in [0.4, 0.5) is 13.2 Å². The number of halogens is 4. The molecule has 12 heteroatoms. The van der Waals surface area contributed by atoms with Crippen LogP contribution in [0.3, 0.4) is 0 Å². The van der Waals surface area contributed by atoms with Crippen molar-refractivity contribution in [3.05, 3.63) is 57.6 Å². The number of carbonyl (C=O) groups is 1. The first-order chi connectivity index (χ1) is 13.1. The highest BCUT2D eigenvalue weighted by Crippen LogP contribution is 2.24. The summed E-state index contributed by atoms with van der Waals surface area (Å²) in [6, 6.07) is 6.00. The third-order valence-electron chi connectivity index (χ3n) is 3.69. The summed E-state index contributed by atoms with van der Waals surface area (Å²) >= 11 is 5.79. The second-order valence-corrected chi connectivity index (χ2v) is 6.23. The standard InChI is InChI=1S/C16H13ClF3N5O3/c1-9(10-2-4-12(5-3-10)28-16(18,19)20)22-14(26)8-24-15(27)25-13(23-24)6-11(17)7-21-25/h2-7,9H,8H2,1H3,(H,22,26)/t9-/m0/s1. The molecule has 0 aliphatic heterocycles. The van der Waals surface area contributed by atoms with Crippen molar-refractivity contribution in [2.45, 2.75) is 25.9 Å². The highest BCUT2D eigenvalue weighted by molar-refractivity contribution is 6.30. The molecule has 3 rings (SSSR count). The van der Waals surface area contributed by atoms with E-state index in [1.165, 1.54) is 24.4 Å². The summed E-state index contributed by atoms with van der Waals surface area (Å²) in [5.74, 6) is -0.878. The van der Waals surface area contributed by atoms with Crippen molar-refractivity contribution < 1.29 is 22.7 Å². The lowest BCUT2D eigenvalue weighted by atomic mass is 10.1. The van der Waals surface area contributed by atoms with Crippen molar-refractivity contribution in [2.24, 2.45) is 0 Å². The van der Waals surface area contributed by atoms with Gasteiger partial charge in [0.2, 0.25) is 5.91 Å². The van der Waals surface area contributed by atoms with E-state index >= 15 is 0 Å². The van der Waals surface area contributed by atoms with E-state index in [0.717, 1.165) is 21.3 Å². The largest absolute Gasteiger partial charge is 0.573 e. The lowest BCUT2D eigenvalue weighted by Crippen LogP contribution is -2.34. The van der Waals surface area contributed by atoms with Gasteiger partial charge < -0.3 is 10.1 Å². The predicted octanol–water partition coefficient (Wildman–Crippen LogP) is 2.32. The van der Waals surface area contributed by atoms with Crippen molar-refractivity contribution >= 4 is 23.2 Å². The molecule has 0 spiro atoms. The second-order valence-electron chi connectivity index (χ2n) is 5.79. The first kappa shape index (κ1) is 19.7. The molecule has 2 aromatic heterocycles. The fourth-order valence-electron chi connectivity index (χ4n) is 2.46. The summed E-state index contributed by atoms with van der Waals surface area (Å²) in [7, 11) is 0. The molecule has 2 heterocycles. The molecule has 28 heavy (non-hydrogen) atoms. The Kier molecular flexibility index (Phi) is 5.27. The zero-order chi connectivity index (χ0) is 20.5. The predicted molar refractivity (Wildman–Crippen MR) is 91.9 cm³/mol. The molecule has 8 nitrogen and oxygen atoms in total. The van der Waals surface area contributed by atoms with E-state index in [2.05, 4.69) is 20.3 Å². The van der Waals surface area contributed by atoms with Gasteiger partial charge in [-0.05, 0) is 24.6 Å². The van der Waals surface area contributed by atoms with Crippen molar-refractivity contribution in [3.63, 3.8) is 0 Å². The normalized spacial score (nSPS) is 12.8. The second kappa shape index (κ2) is 7.50. The molecule has 0 aliphatic carbocycles. The SMILES string of the molecule is C[C@H](NC(=O)Cn1nc2cc(Cl)cnn2c1=O)c1ccc(OC(F)(F)F)cc1. The van der Waals surface area contributed by atoms with Gasteiger partial charge in [0.05, 0.1) is 17.3 Å². The maximum atomic E-state index is 12.2. The number of carbonyl (C=O) groups excluding carboxylic acids is 1. The number of ether oxygens (including phenoxy) is 1. The maximum absolute atomic E-state index is 12.2. The Bertz CT molecular complexity index is 1060. The highest BCUT2D eigenvalue weighted by Gasteiger charge is 2.31. The van der Waals surface area contributed by atoms with E-state index in [-0.39, 0.29) is 17.9 Å². The van der Waals surface area contributed by atoms with Gasteiger partial charge in [-0.1, -0.05) is 23.7 Å². The van der Waals surface area contributed by atoms with Gasteiger partial charge in [0.25, 0.3) is 0 Å². The van der Waals surface area contributed by atoms with Crippen LogP contribution < -0.4 is 15.7 Å². The van der Waals surface area contributed by atoms with Crippen molar-refractivity contribution in [3.8, 4) is 5.75 Å². The van der Waals surface area contributed by atoms with Crippen LogP contribution >= 0.6 is 11.6 Å². The van der Waals surface area contributed by atoms with Gasteiger partial charge in [0.15, 0.2) is 5.65 Å². The van der Waals surface area contributed by atoms with Gasteiger partial charge >= 0.3 is 12.1 Å². The first-order valence-corrected chi connectivity index (χ1v) is 8.26. The van der Waals surface area contributed by atoms with Crippen LogP contribution in [0.25, 0.3) is 5.65 Å². The van der Waals surface area contributed by atoms with E-state index < -0.39 is 24.0 Å². The average molecular weight is 416 g/mol. The van der Waals surface area contributed by atoms with Gasteiger partial charge in [-0.15, -0.1) is 18.3 Å². The zero-order valence-electron chi connectivity index (χ0n) is 14.3. The lowest BCUT2D eigenvalue weighted by molar-refractivity contribution is -0.274. The monoisotopic (exact) mass is 415 g/mol. The molecule has 0 saturated carbocycles. The molecular formula is C16H13ClF3N5O3. The Hall–Kier alpha value is -3.08. The molecule has 0 bridgehead atoms. The highest BCUT2D eigenvalue weighted by atomic mass is 35.5. The number of fused-ring (bicyclic) bond motifs is 1. The summed E-state index contributed by atoms with van der Waals surface area (Å²) in [4.78, 5) is 24.4. The molecule has 0 radical (unpaired) electrons. The van der Waals surface area contributed by atoms with Crippen LogP contribution in [0.5, 0.6) is 5.75 Å². The molecule has 0 fully saturated rings. The number of amides is 1. The minimum Gasteiger partial charge on any atom is -0.406 e. The fraction of sp³-hybridized carbons (Fsp3) is 0.250. The summed E-state index contributed by atoms with van der Waals surface area (Å²) < 4.78 is 42.3. The Morgan fingerprint density at radius 1 is 1.32 bits per heavy atom. The molecule has 1 N–H and O–H groups in total. The quantitative estimate of drug-likeness (QED) is 0.690. The van der Waals surface area contributed by atoms with E-state index in [1.807, 2.05) is 0 Å². The molecule has 1 aromatic carbocycles. The molecule has 148 valence electrons. The summed E-state index contributed by atoms with van der Waals surface area (Å²) in [6.45, 7) is 1.28. The number of nitrogens with zero attached hydrogens (tertiary/aromatic N) is 4. The summed E-state index contributed by atoms with van der Waals surface area (Å²) in [5, 5.41) is 10.7. The van der Waals surface area contributed by atoms with E-state index in [0.29, 0.717) is 10.6 Å². The minimum atomic E-state index is -4.78. The van der Waals surface area contributed by atoms with Crippen molar-refractivity contribution in [1.29, 1.82) is 0 Å². The Balaban J connectivity index is 1.66. The van der Waals surface area contributed by atoms with Crippen LogP contribution in [-0.2, 0) is 11.3 Å². The molecular weight excluding hydrogens is 403 g/mol. The summed E-state index contributed by atoms with van der Waals surface area (Å²) in [5.41, 5.74) is 0.139. The number of alkyl halides is 3. The smallest absolute Gasteiger partial charge is 0.406 e. The molecule has 1 amide bonds. The third-order valence-corrected chi connectivity index (χ3v) is 3.90. The molecule has 3 aromatic rings. The minimum absolute atomic E-state index is 0.193. The Labute approximate surface area is 160 Å². The first-order valence-electron chi connectivity index (χ1n) is 7.89. The zero-order valence-corrected chi connectivity index (χ0v) is 15.0. The van der Waals surface area contributed by atoms with Gasteiger partial charge in [-0.2, -0.15) is 9.61 Å². The van der Waals surface area contributed by atoms with Crippen molar-refractivity contribution in [1.82, 2.24) is 24.7 Å². The number of hydrogen-bond acceptors (Lipinski definition) is 5. The summed E-state index contributed by atoms with van der Waals surface area (Å²) in [6.07, 6.45) is -3.50. The van der Waals surface area contributed by atoms with Gasteiger partial charge in [0, 0.05) is 6.07 Å². The van der Waals surface area contributed by atoms with E-state index in [9.17, 15) is 22.8 Å². The number of hydrogen-bond donors (Lipinski definition) is 1. The lowest BCUT2D eigenvalue weighted by Gasteiger charge is -2.15. The number of benzene rings is 1. The molecule has 0 unspecified atom stereocenters. The third kappa shape index (κ3) is 4.60.